The predicted molar refractivity (Wildman–Crippen MR) is 224 cm³/mol. The molecule has 3 nitrogen and oxygen atoms in total. The Balaban J connectivity index is 0.936. The smallest absolute Gasteiger partial charge is 0.176 e. The Morgan fingerprint density at radius 1 is 0.673 bits per heavy atom. The topological polar surface area (TPSA) is 38.9 Å². The highest BCUT2D eigenvalue weighted by atomic mass is 16.3. The molecule has 0 N–H and O–H groups in total. The number of hydrogen-bond donors (Lipinski definition) is 0. The predicted octanol–water partition coefficient (Wildman–Crippen LogP) is 13.3. The molecule has 2 saturated carbocycles. The quantitative estimate of drug-likeness (QED) is 0.183. The summed E-state index contributed by atoms with van der Waals surface area (Å²) in [6, 6.07) is 35.7. The number of allylic oxidation sites excluding steroid dienone is 8. The first-order chi connectivity index (χ1) is 27.2. The molecule has 12 rings (SSSR count). The van der Waals surface area contributed by atoms with Crippen molar-refractivity contribution in [3.63, 3.8) is 0 Å². The van der Waals surface area contributed by atoms with Gasteiger partial charge >= 0.3 is 0 Å². The first kappa shape index (κ1) is 32.0. The minimum absolute atomic E-state index is 0.0976. The molecule has 6 aliphatic rings. The number of aromatic nitrogens is 2. The average molecular weight is 715 g/mol. The van der Waals surface area contributed by atoms with Crippen molar-refractivity contribution in [3.8, 4) is 11.4 Å². The molecule has 3 heteroatoms. The Kier molecular flexibility index (Phi) is 7.05. The first-order valence-corrected chi connectivity index (χ1v) is 21.0. The van der Waals surface area contributed by atoms with E-state index in [2.05, 4.69) is 109 Å². The molecule has 3 unspecified atom stereocenters. The van der Waals surface area contributed by atoms with Crippen molar-refractivity contribution >= 4 is 33.2 Å². The standard InChI is InChI=1S/C52H46N2O/c1-4-14-35(15-5-1)50-53-47(49-48(54-50)38-17-7-9-19-46(38)55-49)34-22-20-33(21-23-34)36-24-25-43-39(30-36)41-32-44-40(31-45(41)52(43)28-12-3-13-29-52)37-16-6-8-18-42(37)51(44)26-10-2-11-27-51/h1,4-9,14-22,24-25,30-32,34,40,44H,2-3,10-13,23,26-29H2. The van der Waals surface area contributed by atoms with E-state index >= 15 is 0 Å². The molecular formula is C52H46N2O. The zero-order chi connectivity index (χ0) is 36.1. The SMILES string of the molecule is C1=CC(c2nc(-c3ccccc3)nc3c2oc2ccccc23)CC=C1c1ccc2c(c1)C1=CC3C(C=C1C21CCCCC1)c1ccccc1C31CCCCC1. The van der Waals surface area contributed by atoms with Gasteiger partial charge in [-0.1, -0.05) is 148 Å². The molecule has 270 valence electrons. The Morgan fingerprint density at radius 3 is 2.29 bits per heavy atom. The normalized spacial score (nSPS) is 24.3. The molecule has 0 amide bonds. The van der Waals surface area contributed by atoms with Crippen molar-refractivity contribution in [1.82, 2.24) is 9.97 Å². The summed E-state index contributed by atoms with van der Waals surface area (Å²) in [4.78, 5) is 10.3. The summed E-state index contributed by atoms with van der Waals surface area (Å²) < 4.78 is 6.50. The monoisotopic (exact) mass is 714 g/mol. The molecule has 55 heavy (non-hydrogen) atoms. The molecule has 6 aromatic rings. The highest BCUT2D eigenvalue weighted by Crippen LogP contribution is 2.65. The number of furan rings is 1. The van der Waals surface area contributed by atoms with Crippen LogP contribution >= 0.6 is 0 Å². The summed E-state index contributed by atoms with van der Waals surface area (Å²) in [6.45, 7) is 0. The number of hydrogen-bond acceptors (Lipinski definition) is 3. The highest BCUT2D eigenvalue weighted by Gasteiger charge is 2.55. The minimum Gasteiger partial charge on any atom is -0.452 e. The molecule has 2 spiro atoms. The maximum absolute atomic E-state index is 6.50. The van der Waals surface area contributed by atoms with Crippen LogP contribution < -0.4 is 0 Å². The fraction of sp³-hybridized carbons (Fsp3) is 0.308. The molecule has 2 heterocycles. The van der Waals surface area contributed by atoms with Crippen molar-refractivity contribution in [3.05, 3.63) is 167 Å². The van der Waals surface area contributed by atoms with E-state index in [0.717, 1.165) is 45.6 Å². The molecule has 0 aliphatic heterocycles. The van der Waals surface area contributed by atoms with E-state index < -0.39 is 0 Å². The van der Waals surface area contributed by atoms with Crippen molar-refractivity contribution in [2.45, 2.75) is 93.3 Å². The summed E-state index contributed by atoms with van der Waals surface area (Å²) in [7, 11) is 0. The van der Waals surface area contributed by atoms with Crippen LogP contribution in [0.15, 0.2) is 137 Å². The second kappa shape index (κ2) is 12.1. The Labute approximate surface area is 323 Å². The Bertz CT molecular complexity index is 2660. The lowest BCUT2D eigenvalue weighted by Crippen LogP contribution is -2.35. The van der Waals surface area contributed by atoms with Gasteiger partial charge in [0.1, 0.15) is 11.1 Å². The molecule has 2 fully saturated rings. The maximum atomic E-state index is 6.50. The van der Waals surface area contributed by atoms with E-state index in [4.69, 9.17) is 14.4 Å². The van der Waals surface area contributed by atoms with Crippen LogP contribution in [0, 0.1) is 5.92 Å². The number of fused-ring (bicyclic) bond motifs is 13. The van der Waals surface area contributed by atoms with Gasteiger partial charge in [0.25, 0.3) is 0 Å². The van der Waals surface area contributed by atoms with E-state index in [1.807, 2.05) is 18.2 Å². The maximum Gasteiger partial charge on any atom is 0.176 e. The third kappa shape index (κ3) is 4.62. The minimum atomic E-state index is 0.0976. The summed E-state index contributed by atoms with van der Waals surface area (Å²) in [5.74, 6) is 1.90. The zero-order valence-electron chi connectivity index (χ0n) is 31.4. The highest BCUT2D eigenvalue weighted by molar-refractivity contribution is 6.04. The van der Waals surface area contributed by atoms with Gasteiger partial charge in [0, 0.05) is 33.6 Å². The van der Waals surface area contributed by atoms with Gasteiger partial charge in [-0.15, -0.1) is 0 Å². The van der Waals surface area contributed by atoms with Gasteiger partial charge in [-0.05, 0) is 101 Å². The van der Waals surface area contributed by atoms with Gasteiger partial charge in [-0.25, -0.2) is 9.97 Å². The van der Waals surface area contributed by atoms with Crippen LogP contribution in [0.2, 0.25) is 0 Å². The molecule has 4 aromatic carbocycles. The van der Waals surface area contributed by atoms with Crippen LogP contribution in [0.25, 0.3) is 44.6 Å². The fourth-order valence-electron chi connectivity index (χ4n) is 12.2. The average Bonchev–Trinajstić information content (AvgIpc) is 3.85. The number of rotatable bonds is 3. The molecule has 6 aliphatic carbocycles. The number of para-hydroxylation sites is 1. The zero-order valence-corrected chi connectivity index (χ0v) is 31.4. The van der Waals surface area contributed by atoms with Crippen LogP contribution in [0.5, 0.6) is 0 Å². The van der Waals surface area contributed by atoms with Crippen molar-refractivity contribution < 1.29 is 4.42 Å². The number of nitrogens with zero attached hydrogens (tertiary/aromatic N) is 2. The van der Waals surface area contributed by atoms with E-state index in [1.54, 1.807) is 27.8 Å². The lowest BCUT2D eigenvalue weighted by Gasteiger charge is -2.43. The number of benzene rings is 4. The van der Waals surface area contributed by atoms with E-state index in [1.165, 1.54) is 80.9 Å². The van der Waals surface area contributed by atoms with Gasteiger partial charge in [-0.2, -0.15) is 0 Å². The lowest BCUT2D eigenvalue weighted by atomic mass is 9.61. The second-order valence-electron chi connectivity index (χ2n) is 17.4. The third-order valence-electron chi connectivity index (χ3n) is 14.7. The van der Waals surface area contributed by atoms with Crippen molar-refractivity contribution in [1.29, 1.82) is 0 Å². The van der Waals surface area contributed by atoms with Crippen molar-refractivity contribution in [2.75, 3.05) is 0 Å². The molecule has 0 radical (unpaired) electrons. The molecule has 0 saturated heterocycles. The third-order valence-corrected chi connectivity index (χ3v) is 14.7. The van der Waals surface area contributed by atoms with Gasteiger partial charge in [0.15, 0.2) is 11.4 Å². The lowest BCUT2D eigenvalue weighted by molar-refractivity contribution is 0.232. The van der Waals surface area contributed by atoms with Crippen LogP contribution in [-0.2, 0) is 10.8 Å². The van der Waals surface area contributed by atoms with Crippen molar-refractivity contribution in [2.24, 2.45) is 5.92 Å². The Morgan fingerprint density at radius 2 is 1.45 bits per heavy atom. The van der Waals surface area contributed by atoms with Crippen LogP contribution in [0.4, 0.5) is 0 Å². The van der Waals surface area contributed by atoms with Gasteiger partial charge in [0.2, 0.25) is 0 Å². The van der Waals surface area contributed by atoms with Gasteiger partial charge in [0.05, 0.1) is 5.69 Å². The van der Waals surface area contributed by atoms with E-state index in [9.17, 15) is 0 Å². The second-order valence-corrected chi connectivity index (χ2v) is 17.4. The molecule has 2 aromatic heterocycles. The molecule has 0 bridgehead atoms. The summed E-state index contributed by atoms with van der Waals surface area (Å²) >= 11 is 0. The molecular weight excluding hydrogens is 669 g/mol. The van der Waals surface area contributed by atoms with Gasteiger partial charge < -0.3 is 4.42 Å². The van der Waals surface area contributed by atoms with E-state index in [0.29, 0.717) is 11.8 Å². The fourth-order valence-corrected chi connectivity index (χ4v) is 12.2. The molecule has 3 atom stereocenters. The van der Waals surface area contributed by atoms with Gasteiger partial charge in [-0.3, -0.25) is 0 Å². The largest absolute Gasteiger partial charge is 0.452 e. The van der Waals surface area contributed by atoms with Crippen LogP contribution in [0.1, 0.15) is 116 Å². The Hall–Kier alpha value is -5.28. The van der Waals surface area contributed by atoms with Crippen LogP contribution in [-0.4, -0.2) is 9.97 Å². The van der Waals surface area contributed by atoms with Crippen LogP contribution in [0.3, 0.4) is 0 Å². The first-order valence-electron chi connectivity index (χ1n) is 21.0. The summed E-state index contributed by atoms with van der Waals surface area (Å²) in [6.07, 6.45) is 26.9. The summed E-state index contributed by atoms with van der Waals surface area (Å²) in [5, 5.41) is 1.04. The summed E-state index contributed by atoms with van der Waals surface area (Å²) in [5.41, 5.74) is 17.2. The van der Waals surface area contributed by atoms with E-state index in [-0.39, 0.29) is 16.7 Å².